The molecule has 1 aromatic heterocycles. The Labute approximate surface area is 156 Å². The highest BCUT2D eigenvalue weighted by atomic mass is 35.5. The zero-order chi connectivity index (χ0) is 17.6. The average Bonchev–Trinajstić information content (AvgIpc) is 3.14. The Morgan fingerprint density at radius 2 is 1.92 bits per heavy atom. The summed E-state index contributed by atoms with van der Waals surface area (Å²) in [6, 6.07) is 13.3. The van der Waals surface area contributed by atoms with E-state index >= 15 is 0 Å². The SMILES string of the molecule is O=C(CCc1ccc(Cl)cc1Cl)NCc1ccc(-n2ccnc2)cc1. The van der Waals surface area contributed by atoms with Crippen molar-refractivity contribution in [2.45, 2.75) is 19.4 Å². The van der Waals surface area contributed by atoms with Crippen LogP contribution in [0.25, 0.3) is 5.69 Å². The molecule has 0 aliphatic carbocycles. The Kier molecular flexibility index (Phi) is 5.74. The number of amides is 1. The van der Waals surface area contributed by atoms with Crippen molar-refractivity contribution in [1.29, 1.82) is 0 Å². The molecule has 0 radical (unpaired) electrons. The molecule has 0 unspecified atom stereocenters. The molecule has 0 fully saturated rings. The zero-order valence-electron chi connectivity index (χ0n) is 13.5. The standard InChI is InChI=1S/C19H17Cl2N3O/c20-16-5-3-15(18(21)11-16)4-8-19(25)23-12-14-1-6-17(7-2-14)24-10-9-22-13-24/h1-3,5-7,9-11,13H,4,8,12H2,(H,23,25). The van der Waals surface area contributed by atoms with Crippen molar-refractivity contribution in [1.82, 2.24) is 14.9 Å². The molecule has 1 amide bonds. The third-order valence-electron chi connectivity index (χ3n) is 3.87. The summed E-state index contributed by atoms with van der Waals surface area (Å²) in [5.74, 6) is -0.00953. The second kappa shape index (κ2) is 8.19. The van der Waals surface area contributed by atoms with Crippen LogP contribution in [0.5, 0.6) is 0 Å². The van der Waals surface area contributed by atoms with Crippen molar-refractivity contribution in [3.8, 4) is 5.69 Å². The van der Waals surface area contributed by atoms with Gasteiger partial charge in [-0.3, -0.25) is 4.79 Å². The average molecular weight is 374 g/mol. The Balaban J connectivity index is 1.49. The van der Waals surface area contributed by atoms with Crippen molar-refractivity contribution in [3.63, 3.8) is 0 Å². The first kappa shape index (κ1) is 17.5. The van der Waals surface area contributed by atoms with E-state index in [9.17, 15) is 4.79 Å². The number of rotatable bonds is 6. The van der Waals surface area contributed by atoms with E-state index in [1.807, 2.05) is 41.1 Å². The Bertz CT molecular complexity index is 846. The van der Waals surface area contributed by atoms with Crippen molar-refractivity contribution >= 4 is 29.1 Å². The van der Waals surface area contributed by atoms with Crippen molar-refractivity contribution in [2.24, 2.45) is 0 Å². The second-order valence-electron chi connectivity index (χ2n) is 5.65. The van der Waals surface area contributed by atoms with Gasteiger partial charge in [0, 0.05) is 41.1 Å². The van der Waals surface area contributed by atoms with Gasteiger partial charge in [-0.05, 0) is 41.8 Å². The quantitative estimate of drug-likeness (QED) is 0.694. The normalized spacial score (nSPS) is 10.6. The van der Waals surface area contributed by atoms with Crippen LogP contribution in [-0.4, -0.2) is 15.5 Å². The summed E-state index contributed by atoms with van der Waals surface area (Å²) in [6.45, 7) is 0.497. The lowest BCUT2D eigenvalue weighted by atomic mass is 10.1. The lowest BCUT2D eigenvalue weighted by molar-refractivity contribution is -0.121. The van der Waals surface area contributed by atoms with E-state index in [-0.39, 0.29) is 5.91 Å². The number of carbonyl (C=O) groups excluding carboxylic acids is 1. The Morgan fingerprint density at radius 1 is 1.12 bits per heavy atom. The summed E-state index contributed by atoms with van der Waals surface area (Å²) in [5.41, 5.74) is 3.00. The summed E-state index contributed by atoms with van der Waals surface area (Å²) in [4.78, 5) is 16.1. The molecule has 1 heterocycles. The molecule has 3 rings (SSSR count). The third kappa shape index (κ3) is 4.84. The third-order valence-corrected chi connectivity index (χ3v) is 4.45. The van der Waals surface area contributed by atoms with Crippen LogP contribution in [0.3, 0.4) is 0 Å². The second-order valence-corrected chi connectivity index (χ2v) is 6.49. The first-order chi connectivity index (χ1) is 12.1. The minimum atomic E-state index is -0.00953. The van der Waals surface area contributed by atoms with Crippen molar-refractivity contribution in [2.75, 3.05) is 0 Å². The number of aryl methyl sites for hydroxylation is 1. The van der Waals surface area contributed by atoms with E-state index in [1.165, 1.54) is 0 Å². The molecule has 0 atom stereocenters. The number of imidazole rings is 1. The van der Waals surface area contributed by atoms with E-state index in [0.29, 0.717) is 29.4 Å². The van der Waals surface area contributed by atoms with E-state index in [0.717, 1.165) is 16.8 Å². The number of aromatic nitrogens is 2. The van der Waals surface area contributed by atoms with Gasteiger partial charge in [-0.15, -0.1) is 0 Å². The van der Waals surface area contributed by atoms with Gasteiger partial charge in [0.1, 0.15) is 0 Å². The van der Waals surface area contributed by atoms with Crippen molar-refractivity contribution < 1.29 is 4.79 Å². The summed E-state index contributed by atoms with van der Waals surface area (Å²) in [6.07, 6.45) is 6.34. The van der Waals surface area contributed by atoms with E-state index in [4.69, 9.17) is 23.2 Å². The summed E-state index contributed by atoms with van der Waals surface area (Å²) in [7, 11) is 0. The maximum Gasteiger partial charge on any atom is 0.220 e. The van der Waals surface area contributed by atoms with Gasteiger partial charge in [0.25, 0.3) is 0 Å². The van der Waals surface area contributed by atoms with Crippen molar-refractivity contribution in [3.05, 3.63) is 82.4 Å². The van der Waals surface area contributed by atoms with E-state index < -0.39 is 0 Å². The molecule has 0 bridgehead atoms. The molecule has 2 aromatic carbocycles. The highest BCUT2D eigenvalue weighted by Crippen LogP contribution is 2.22. The number of hydrogen-bond acceptors (Lipinski definition) is 2. The van der Waals surface area contributed by atoms with Gasteiger partial charge in [0.15, 0.2) is 0 Å². The maximum atomic E-state index is 12.0. The van der Waals surface area contributed by atoms with E-state index in [2.05, 4.69) is 10.3 Å². The Hall–Kier alpha value is -2.30. The topological polar surface area (TPSA) is 46.9 Å². The van der Waals surface area contributed by atoms with Crippen LogP contribution in [0.1, 0.15) is 17.5 Å². The number of hydrogen-bond donors (Lipinski definition) is 1. The summed E-state index contributed by atoms with van der Waals surface area (Å²) >= 11 is 12.0. The largest absolute Gasteiger partial charge is 0.352 e. The van der Waals surface area contributed by atoms with Gasteiger partial charge in [0.2, 0.25) is 5.91 Å². The molecule has 0 aliphatic heterocycles. The fraction of sp³-hybridized carbons (Fsp3) is 0.158. The molecule has 128 valence electrons. The fourth-order valence-electron chi connectivity index (χ4n) is 2.46. The maximum absolute atomic E-state index is 12.0. The number of nitrogens with zero attached hydrogens (tertiary/aromatic N) is 2. The molecule has 25 heavy (non-hydrogen) atoms. The Morgan fingerprint density at radius 3 is 2.60 bits per heavy atom. The molecule has 6 heteroatoms. The number of nitrogens with one attached hydrogen (secondary N) is 1. The molecule has 0 saturated carbocycles. The molecule has 0 spiro atoms. The molecular weight excluding hydrogens is 357 g/mol. The van der Waals surface area contributed by atoms with Gasteiger partial charge in [-0.1, -0.05) is 41.4 Å². The predicted octanol–water partition coefficient (Wildman–Crippen LogP) is 4.43. The van der Waals surface area contributed by atoms with Crippen LogP contribution in [0.15, 0.2) is 61.2 Å². The molecule has 4 nitrogen and oxygen atoms in total. The molecule has 0 aliphatic rings. The lowest BCUT2D eigenvalue weighted by Crippen LogP contribution is -2.23. The van der Waals surface area contributed by atoms with Gasteiger partial charge < -0.3 is 9.88 Å². The molecule has 1 N–H and O–H groups in total. The van der Waals surface area contributed by atoms with Gasteiger partial charge in [-0.2, -0.15) is 0 Å². The smallest absolute Gasteiger partial charge is 0.220 e. The van der Waals surface area contributed by atoms with Crippen LogP contribution >= 0.6 is 23.2 Å². The zero-order valence-corrected chi connectivity index (χ0v) is 15.0. The number of halogens is 2. The predicted molar refractivity (Wildman–Crippen MR) is 100 cm³/mol. The van der Waals surface area contributed by atoms with Gasteiger partial charge in [-0.25, -0.2) is 4.98 Å². The lowest BCUT2D eigenvalue weighted by Gasteiger charge is -2.08. The number of benzene rings is 2. The summed E-state index contributed by atoms with van der Waals surface area (Å²) < 4.78 is 1.93. The minimum absolute atomic E-state index is 0.00953. The van der Waals surface area contributed by atoms with Crippen LogP contribution in [0, 0.1) is 0 Å². The monoisotopic (exact) mass is 373 g/mol. The first-order valence-corrected chi connectivity index (χ1v) is 8.65. The highest BCUT2D eigenvalue weighted by molar-refractivity contribution is 6.35. The van der Waals surface area contributed by atoms with Gasteiger partial charge >= 0.3 is 0 Å². The molecule has 0 saturated heterocycles. The molecule has 3 aromatic rings. The number of carbonyl (C=O) groups is 1. The first-order valence-electron chi connectivity index (χ1n) is 7.90. The highest BCUT2D eigenvalue weighted by Gasteiger charge is 2.06. The van der Waals surface area contributed by atoms with Crippen LogP contribution < -0.4 is 5.32 Å². The summed E-state index contributed by atoms with van der Waals surface area (Å²) in [5, 5.41) is 4.11. The fourth-order valence-corrected chi connectivity index (χ4v) is 2.96. The van der Waals surface area contributed by atoms with Crippen LogP contribution in [0.4, 0.5) is 0 Å². The minimum Gasteiger partial charge on any atom is -0.352 e. The molecular formula is C19H17Cl2N3O. The van der Waals surface area contributed by atoms with Crippen LogP contribution in [0.2, 0.25) is 10.0 Å². The van der Waals surface area contributed by atoms with Crippen LogP contribution in [-0.2, 0) is 17.8 Å². The van der Waals surface area contributed by atoms with Gasteiger partial charge in [0.05, 0.1) is 6.33 Å². The van der Waals surface area contributed by atoms with E-state index in [1.54, 1.807) is 24.7 Å².